The summed E-state index contributed by atoms with van der Waals surface area (Å²) in [6, 6.07) is 7.25. The predicted octanol–water partition coefficient (Wildman–Crippen LogP) is 5.47. The summed E-state index contributed by atoms with van der Waals surface area (Å²) in [4.78, 5) is 20.9. The molecular weight excluding hydrogens is 453 g/mol. The van der Waals surface area contributed by atoms with Crippen LogP contribution in [-0.4, -0.2) is 21.9 Å². The molecule has 2 heterocycles. The lowest BCUT2D eigenvalue weighted by Gasteiger charge is -2.32. The molecule has 1 aliphatic carbocycles. The molecule has 9 heteroatoms. The molecule has 0 bridgehead atoms. The molecule has 1 aliphatic rings. The molecule has 1 amide bonds. The normalized spacial score (nSPS) is 20.1. The third-order valence-corrected chi connectivity index (χ3v) is 5.80. The van der Waals surface area contributed by atoms with Gasteiger partial charge in [-0.1, -0.05) is 13.0 Å². The Labute approximate surface area is 196 Å². The molecule has 3 atom stereocenters. The lowest BCUT2D eigenvalue weighted by Crippen LogP contribution is -2.31. The summed E-state index contributed by atoms with van der Waals surface area (Å²) in [6.07, 6.45) is 5.89. The first-order valence-corrected chi connectivity index (χ1v) is 10.4. The van der Waals surface area contributed by atoms with Crippen LogP contribution in [-0.2, 0) is 0 Å². The van der Waals surface area contributed by atoms with E-state index in [1.807, 2.05) is 6.07 Å². The van der Waals surface area contributed by atoms with Gasteiger partial charge in [0, 0.05) is 12.2 Å². The summed E-state index contributed by atoms with van der Waals surface area (Å²) >= 11 is 0. The van der Waals surface area contributed by atoms with Gasteiger partial charge in [0.1, 0.15) is 28.8 Å². The number of carbonyl (C=O) groups is 1. The number of amides is 1. The first-order chi connectivity index (χ1) is 15.3. The number of hydrogen-bond acceptors (Lipinski definition) is 4. The van der Waals surface area contributed by atoms with Gasteiger partial charge in [-0.3, -0.25) is 9.78 Å². The van der Waals surface area contributed by atoms with Gasteiger partial charge < -0.3 is 11.1 Å². The number of carbonyl (C=O) groups excluding carboxylic acids is 1. The van der Waals surface area contributed by atoms with Crippen molar-refractivity contribution in [3.63, 3.8) is 0 Å². The number of anilines is 1. The molecule has 0 aliphatic heterocycles. The number of aromatic nitrogens is 2. The number of halogens is 4. The summed E-state index contributed by atoms with van der Waals surface area (Å²) in [7, 11) is 0. The fourth-order valence-electron chi connectivity index (χ4n) is 4.43. The summed E-state index contributed by atoms with van der Waals surface area (Å²) in [5.74, 6) is -2.88. The zero-order valence-corrected chi connectivity index (χ0v) is 18.7. The summed E-state index contributed by atoms with van der Waals surface area (Å²) < 4.78 is 42.6. The molecule has 2 aromatic heterocycles. The van der Waals surface area contributed by atoms with E-state index in [9.17, 15) is 18.0 Å². The molecule has 33 heavy (non-hydrogen) atoms. The van der Waals surface area contributed by atoms with Crippen molar-refractivity contribution >= 4 is 24.0 Å². The smallest absolute Gasteiger partial charge is 0.274 e. The molecule has 1 aromatic carbocycles. The van der Waals surface area contributed by atoms with Gasteiger partial charge in [0.2, 0.25) is 0 Å². The second-order valence-electron chi connectivity index (χ2n) is 8.31. The van der Waals surface area contributed by atoms with Gasteiger partial charge in [0.05, 0.1) is 17.4 Å². The number of pyridine rings is 2. The van der Waals surface area contributed by atoms with E-state index in [-0.39, 0.29) is 30.1 Å². The molecule has 4 rings (SSSR count). The average molecular weight is 477 g/mol. The third kappa shape index (κ3) is 5.34. The highest BCUT2D eigenvalue weighted by Gasteiger charge is 2.28. The molecule has 1 fully saturated rings. The number of nitrogens with two attached hydrogens (primary N) is 1. The molecule has 0 spiro atoms. The fraction of sp³-hybridized carbons (Fsp3) is 0.292. The summed E-state index contributed by atoms with van der Waals surface area (Å²) in [5, 5.41) is 2.77. The van der Waals surface area contributed by atoms with E-state index in [0.29, 0.717) is 11.6 Å². The van der Waals surface area contributed by atoms with Crippen LogP contribution in [0.1, 0.15) is 48.2 Å². The first kappa shape index (κ1) is 24.7. The minimum atomic E-state index is -0.966. The maximum absolute atomic E-state index is 14.3. The van der Waals surface area contributed by atoms with Crippen LogP contribution < -0.4 is 11.1 Å². The quantitative estimate of drug-likeness (QED) is 0.523. The number of hydrogen-bond donors (Lipinski definition) is 2. The molecular formula is C24H24ClF3N4O. The highest BCUT2D eigenvalue weighted by molar-refractivity contribution is 6.03. The zero-order valence-electron chi connectivity index (χ0n) is 17.9. The van der Waals surface area contributed by atoms with E-state index < -0.39 is 34.6 Å². The lowest BCUT2D eigenvalue weighted by atomic mass is 9.76. The number of nitrogens with one attached hydrogen (secondary N) is 1. The Morgan fingerprint density at radius 3 is 2.45 bits per heavy atom. The standard InChI is InChI=1S/C24H23F3N4O.ClH/c1-13-9-14(11-15(28)10-13)16-7-8-29-12-21(16)31-24(32)20-6-5-19(27)23(30-20)22-17(25)3-2-4-18(22)26;/h2-8,12-15H,9-11,28H2,1H3,(H,31,32);1H/t13-,14+,15-;/m0./s1. The van der Waals surface area contributed by atoms with Crippen LogP contribution >= 0.6 is 12.4 Å². The van der Waals surface area contributed by atoms with Crippen LogP contribution in [0.15, 0.2) is 48.8 Å². The van der Waals surface area contributed by atoms with Crippen LogP contribution in [0.25, 0.3) is 11.3 Å². The molecule has 0 radical (unpaired) electrons. The maximum Gasteiger partial charge on any atom is 0.274 e. The van der Waals surface area contributed by atoms with Crippen LogP contribution in [0, 0.1) is 23.4 Å². The van der Waals surface area contributed by atoms with E-state index in [2.05, 4.69) is 22.2 Å². The summed E-state index contributed by atoms with van der Waals surface area (Å²) in [6.45, 7) is 2.15. The molecule has 0 saturated heterocycles. The van der Waals surface area contributed by atoms with Crippen molar-refractivity contribution in [2.45, 2.75) is 38.1 Å². The van der Waals surface area contributed by atoms with Gasteiger partial charge in [0.15, 0.2) is 0 Å². The monoisotopic (exact) mass is 476 g/mol. The van der Waals surface area contributed by atoms with Crippen molar-refractivity contribution in [1.82, 2.24) is 9.97 Å². The molecule has 3 aromatic rings. The minimum absolute atomic E-state index is 0. The highest BCUT2D eigenvalue weighted by atomic mass is 35.5. The Bertz CT molecular complexity index is 1130. The second kappa shape index (κ2) is 10.3. The Hall–Kier alpha value is -2.97. The zero-order chi connectivity index (χ0) is 22.8. The van der Waals surface area contributed by atoms with E-state index in [0.717, 1.165) is 43.0 Å². The van der Waals surface area contributed by atoms with Gasteiger partial charge in [-0.25, -0.2) is 18.2 Å². The van der Waals surface area contributed by atoms with Crippen LogP contribution in [0.5, 0.6) is 0 Å². The highest BCUT2D eigenvalue weighted by Crippen LogP contribution is 2.38. The fourth-order valence-corrected chi connectivity index (χ4v) is 4.43. The van der Waals surface area contributed by atoms with Crippen molar-refractivity contribution in [3.8, 4) is 11.3 Å². The number of rotatable bonds is 4. The molecule has 1 saturated carbocycles. The van der Waals surface area contributed by atoms with Crippen molar-refractivity contribution in [3.05, 3.63) is 77.5 Å². The lowest BCUT2D eigenvalue weighted by molar-refractivity contribution is 0.102. The third-order valence-electron chi connectivity index (χ3n) is 5.80. The Morgan fingerprint density at radius 2 is 1.76 bits per heavy atom. The van der Waals surface area contributed by atoms with Gasteiger partial charge in [-0.15, -0.1) is 12.4 Å². The SMILES string of the molecule is C[C@@H]1C[C@H](N)C[C@H](c2ccncc2NC(=O)c2ccc(F)c(-c3c(F)cccc3F)n2)C1.Cl. The predicted molar refractivity (Wildman–Crippen MR) is 123 cm³/mol. The van der Waals surface area contributed by atoms with Crippen LogP contribution in [0.3, 0.4) is 0 Å². The molecule has 5 nitrogen and oxygen atoms in total. The molecule has 3 N–H and O–H groups in total. The average Bonchev–Trinajstić information content (AvgIpc) is 2.74. The van der Waals surface area contributed by atoms with Gasteiger partial charge in [-0.2, -0.15) is 0 Å². The second-order valence-corrected chi connectivity index (χ2v) is 8.31. The molecule has 0 unspecified atom stereocenters. The van der Waals surface area contributed by atoms with E-state index in [1.165, 1.54) is 12.1 Å². The van der Waals surface area contributed by atoms with Crippen LogP contribution in [0.2, 0.25) is 0 Å². The van der Waals surface area contributed by atoms with Crippen molar-refractivity contribution < 1.29 is 18.0 Å². The van der Waals surface area contributed by atoms with E-state index >= 15 is 0 Å². The Morgan fingerprint density at radius 1 is 1.03 bits per heavy atom. The minimum Gasteiger partial charge on any atom is -0.328 e. The largest absolute Gasteiger partial charge is 0.328 e. The maximum atomic E-state index is 14.3. The van der Waals surface area contributed by atoms with Crippen molar-refractivity contribution in [2.24, 2.45) is 11.7 Å². The Kier molecular flexibility index (Phi) is 7.71. The van der Waals surface area contributed by atoms with Gasteiger partial charge in [0.25, 0.3) is 5.91 Å². The number of nitrogens with zero attached hydrogens (tertiary/aromatic N) is 2. The van der Waals surface area contributed by atoms with Crippen molar-refractivity contribution in [2.75, 3.05) is 5.32 Å². The first-order valence-electron chi connectivity index (χ1n) is 10.4. The van der Waals surface area contributed by atoms with E-state index in [1.54, 1.807) is 12.4 Å². The number of benzene rings is 1. The topological polar surface area (TPSA) is 80.9 Å². The van der Waals surface area contributed by atoms with E-state index in [4.69, 9.17) is 5.73 Å². The molecule has 174 valence electrons. The van der Waals surface area contributed by atoms with Crippen molar-refractivity contribution in [1.29, 1.82) is 0 Å². The van der Waals surface area contributed by atoms with Gasteiger partial charge >= 0.3 is 0 Å². The van der Waals surface area contributed by atoms with Gasteiger partial charge in [-0.05, 0) is 67.0 Å². The Balaban J connectivity index is 0.00000306. The summed E-state index contributed by atoms with van der Waals surface area (Å²) in [5.41, 5.74) is 6.26. The van der Waals surface area contributed by atoms with Crippen LogP contribution in [0.4, 0.5) is 18.9 Å².